The summed E-state index contributed by atoms with van der Waals surface area (Å²) in [6.45, 7) is 3.43. The van der Waals surface area contributed by atoms with Crippen LogP contribution in [0.2, 0.25) is 0 Å². The lowest BCUT2D eigenvalue weighted by Gasteiger charge is -2.11. The van der Waals surface area contributed by atoms with Gasteiger partial charge in [-0.05, 0) is 25.1 Å². The largest absolute Gasteiger partial charge is 0.495 e. The third kappa shape index (κ3) is 4.51. The molecule has 0 aliphatic carbocycles. The number of nitrogens with zero attached hydrogens (tertiary/aromatic N) is 1. The van der Waals surface area contributed by atoms with E-state index < -0.39 is 0 Å². The van der Waals surface area contributed by atoms with Crippen molar-refractivity contribution in [2.45, 2.75) is 13.8 Å². The van der Waals surface area contributed by atoms with Gasteiger partial charge in [-0.15, -0.1) is 11.3 Å². The molecule has 0 bridgehead atoms. The van der Waals surface area contributed by atoms with Gasteiger partial charge >= 0.3 is 0 Å². The predicted octanol–water partition coefficient (Wildman–Crippen LogP) is 4.34. The van der Waals surface area contributed by atoms with Gasteiger partial charge in [-0.25, -0.2) is 4.98 Å². The lowest BCUT2D eigenvalue weighted by Crippen LogP contribution is -2.13. The highest BCUT2D eigenvalue weighted by molar-refractivity contribution is 7.13. The van der Waals surface area contributed by atoms with Gasteiger partial charge in [0.15, 0.2) is 0 Å². The molecule has 2 amide bonds. The van der Waals surface area contributed by atoms with E-state index in [2.05, 4.69) is 15.6 Å². The summed E-state index contributed by atoms with van der Waals surface area (Å²) in [6.07, 6.45) is 0. The van der Waals surface area contributed by atoms with Crippen LogP contribution in [0.4, 0.5) is 11.4 Å². The first-order valence-corrected chi connectivity index (χ1v) is 9.14. The number of anilines is 2. The van der Waals surface area contributed by atoms with Crippen LogP contribution in [-0.4, -0.2) is 23.9 Å². The molecule has 3 aromatic rings. The Labute approximate surface area is 161 Å². The number of aromatic nitrogens is 1. The molecule has 0 radical (unpaired) electrons. The summed E-state index contributed by atoms with van der Waals surface area (Å²) in [6, 6.07) is 13.0. The predicted molar refractivity (Wildman–Crippen MR) is 108 cm³/mol. The van der Waals surface area contributed by atoms with E-state index >= 15 is 0 Å². The number of thiazole rings is 1. The molecular weight excluding hydrogens is 362 g/mol. The quantitative estimate of drug-likeness (QED) is 0.689. The molecular formula is C20H19N3O3S. The van der Waals surface area contributed by atoms with Crippen molar-refractivity contribution in [2.75, 3.05) is 17.7 Å². The second-order valence-corrected chi connectivity index (χ2v) is 6.81. The van der Waals surface area contributed by atoms with Crippen molar-refractivity contribution in [3.63, 3.8) is 0 Å². The van der Waals surface area contributed by atoms with Gasteiger partial charge < -0.3 is 15.4 Å². The lowest BCUT2D eigenvalue weighted by molar-refractivity contribution is -0.114. The molecule has 1 heterocycles. The highest BCUT2D eigenvalue weighted by Crippen LogP contribution is 2.29. The number of benzene rings is 2. The number of hydrogen-bond acceptors (Lipinski definition) is 5. The van der Waals surface area contributed by atoms with Gasteiger partial charge in [-0.3, -0.25) is 9.59 Å². The number of carbonyl (C=O) groups excluding carboxylic acids is 2. The molecule has 2 aromatic carbocycles. The Morgan fingerprint density at radius 1 is 1.07 bits per heavy atom. The molecule has 3 rings (SSSR count). The van der Waals surface area contributed by atoms with Crippen LogP contribution in [0.5, 0.6) is 5.75 Å². The Kier molecular flexibility index (Phi) is 5.52. The van der Waals surface area contributed by atoms with Crippen molar-refractivity contribution in [2.24, 2.45) is 0 Å². The molecule has 0 atom stereocenters. The second kappa shape index (κ2) is 8.01. The van der Waals surface area contributed by atoms with Crippen LogP contribution in [0.15, 0.2) is 47.8 Å². The fourth-order valence-corrected chi connectivity index (χ4v) is 3.28. The molecule has 0 spiro atoms. The Hall–Kier alpha value is -3.19. The molecule has 27 heavy (non-hydrogen) atoms. The molecule has 0 fully saturated rings. The van der Waals surface area contributed by atoms with Crippen LogP contribution in [-0.2, 0) is 4.79 Å². The molecule has 0 aliphatic heterocycles. The maximum Gasteiger partial charge on any atom is 0.275 e. The summed E-state index contributed by atoms with van der Waals surface area (Å²) in [5.74, 6) is -0.0268. The molecule has 6 nitrogen and oxygen atoms in total. The Morgan fingerprint density at radius 2 is 1.81 bits per heavy atom. The average molecular weight is 381 g/mol. The van der Waals surface area contributed by atoms with E-state index in [0.29, 0.717) is 22.8 Å². The van der Waals surface area contributed by atoms with E-state index in [0.717, 1.165) is 10.6 Å². The topological polar surface area (TPSA) is 80.3 Å². The van der Waals surface area contributed by atoms with E-state index in [-0.39, 0.29) is 11.8 Å². The standard InChI is InChI=1S/C20H19N3O3S/c1-12-4-6-14(7-5-12)20-23-17(11-27-20)19(25)22-15-8-9-18(26-3)16(10-15)21-13(2)24/h4-11H,1-3H3,(H,21,24)(H,22,25). The molecule has 2 N–H and O–H groups in total. The summed E-state index contributed by atoms with van der Waals surface area (Å²) in [4.78, 5) is 28.3. The van der Waals surface area contributed by atoms with Gasteiger partial charge in [0.1, 0.15) is 16.5 Å². The van der Waals surface area contributed by atoms with Crippen molar-refractivity contribution in [3.05, 3.63) is 59.1 Å². The van der Waals surface area contributed by atoms with Crippen LogP contribution in [0, 0.1) is 6.92 Å². The van der Waals surface area contributed by atoms with Gasteiger partial charge in [0.2, 0.25) is 5.91 Å². The first-order chi connectivity index (χ1) is 13.0. The second-order valence-electron chi connectivity index (χ2n) is 5.95. The highest BCUT2D eigenvalue weighted by atomic mass is 32.1. The zero-order valence-corrected chi connectivity index (χ0v) is 16.0. The van der Waals surface area contributed by atoms with Crippen molar-refractivity contribution in [1.29, 1.82) is 0 Å². The number of nitrogens with one attached hydrogen (secondary N) is 2. The fourth-order valence-electron chi connectivity index (χ4n) is 2.47. The number of amides is 2. The third-order valence-corrected chi connectivity index (χ3v) is 4.69. The molecule has 0 unspecified atom stereocenters. The van der Waals surface area contributed by atoms with Crippen molar-refractivity contribution in [1.82, 2.24) is 4.98 Å². The first kappa shape index (κ1) is 18.6. The maximum atomic E-state index is 12.5. The Morgan fingerprint density at radius 3 is 2.48 bits per heavy atom. The zero-order valence-electron chi connectivity index (χ0n) is 15.2. The van der Waals surface area contributed by atoms with Gasteiger partial charge in [0.05, 0.1) is 12.8 Å². The summed E-state index contributed by atoms with van der Waals surface area (Å²) < 4.78 is 5.21. The SMILES string of the molecule is COc1ccc(NC(=O)c2csc(-c3ccc(C)cc3)n2)cc1NC(C)=O. The first-order valence-electron chi connectivity index (χ1n) is 8.26. The smallest absolute Gasteiger partial charge is 0.275 e. The van der Waals surface area contributed by atoms with E-state index in [1.54, 1.807) is 23.6 Å². The number of hydrogen-bond donors (Lipinski definition) is 2. The number of ether oxygens (including phenoxy) is 1. The molecule has 0 aliphatic rings. The zero-order chi connectivity index (χ0) is 19.4. The van der Waals surface area contributed by atoms with Crippen molar-refractivity contribution in [3.8, 4) is 16.3 Å². The minimum atomic E-state index is -0.316. The average Bonchev–Trinajstić information content (AvgIpc) is 3.12. The normalized spacial score (nSPS) is 10.3. The van der Waals surface area contributed by atoms with Crippen LogP contribution < -0.4 is 15.4 Å². The number of rotatable bonds is 5. The number of aryl methyl sites for hydroxylation is 1. The molecule has 1 aromatic heterocycles. The minimum absolute atomic E-state index is 0.223. The van der Waals surface area contributed by atoms with Crippen LogP contribution in [0.3, 0.4) is 0 Å². The summed E-state index contributed by atoms with van der Waals surface area (Å²) in [5.41, 5.74) is 3.51. The monoisotopic (exact) mass is 381 g/mol. The molecule has 7 heteroatoms. The van der Waals surface area contributed by atoms with Crippen LogP contribution in [0.25, 0.3) is 10.6 Å². The van der Waals surface area contributed by atoms with E-state index in [9.17, 15) is 9.59 Å². The van der Waals surface area contributed by atoms with Crippen molar-refractivity contribution < 1.29 is 14.3 Å². The lowest BCUT2D eigenvalue weighted by atomic mass is 10.2. The number of methoxy groups -OCH3 is 1. The summed E-state index contributed by atoms with van der Waals surface area (Å²) >= 11 is 1.42. The van der Waals surface area contributed by atoms with Gasteiger partial charge in [-0.1, -0.05) is 29.8 Å². The fraction of sp³-hybridized carbons (Fsp3) is 0.150. The van der Waals surface area contributed by atoms with E-state index in [1.165, 1.54) is 30.9 Å². The molecule has 0 saturated carbocycles. The van der Waals surface area contributed by atoms with E-state index in [4.69, 9.17) is 4.74 Å². The Balaban J connectivity index is 1.77. The molecule has 0 saturated heterocycles. The van der Waals surface area contributed by atoms with Gasteiger partial charge in [0.25, 0.3) is 5.91 Å². The van der Waals surface area contributed by atoms with E-state index in [1.807, 2.05) is 31.2 Å². The minimum Gasteiger partial charge on any atom is -0.495 e. The summed E-state index contributed by atoms with van der Waals surface area (Å²) in [5, 5.41) is 7.99. The maximum absolute atomic E-state index is 12.5. The van der Waals surface area contributed by atoms with Crippen LogP contribution >= 0.6 is 11.3 Å². The summed E-state index contributed by atoms with van der Waals surface area (Å²) in [7, 11) is 1.51. The van der Waals surface area contributed by atoms with Crippen LogP contribution in [0.1, 0.15) is 23.0 Å². The third-order valence-electron chi connectivity index (χ3n) is 3.80. The van der Waals surface area contributed by atoms with Crippen molar-refractivity contribution >= 4 is 34.5 Å². The van der Waals surface area contributed by atoms with Gasteiger partial charge in [0, 0.05) is 23.6 Å². The van der Waals surface area contributed by atoms with Gasteiger partial charge in [-0.2, -0.15) is 0 Å². The molecule has 138 valence electrons. The number of carbonyl (C=O) groups is 2. The highest BCUT2D eigenvalue weighted by Gasteiger charge is 2.14. The Bertz CT molecular complexity index is 980.